The number of hydrogen-bond donors (Lipinski definition) is 0. The quantitative estimate of drug-likeness (QED) is 0.440. The van der Waals surface area contributed by atoms with E-state index in [9.17, 15) is 17.6 Å². The molecule has 4 rings (SSSR count). The van der Waals surface area contributed by atoms with E-state index in [1.807, 2.05) is 0 Å². The van der Waals surface area contributed by atoms with E-state index in [0.29, 0.717) is 5.56 Å². The van der Waals surface area contributed by atoms with Gasteiger partial charge in [-0.2, -0.15) is 0 Å². The summed E-state index contributed by atoms with van der Waals surface area (Å²) in [5.74, 6) is -0.574. The predicted octanol–water partition coefficient (Wildman–Crippen LogP) is 8.32. The summed E-state index contributed by atoms with van der Waals surface area (Å²) in [7, 11) is 0. The summed E-state index contributed by atoms with van der Waals surface area (Å²) in [5.41, 5.74) is 0.0480. The van der Waals surface area contributed by atoms with Crippen LogP contribution in [-0.2, 0) is 0 Å². The topological polar surface area (TPSA) is 0 Å². The second-order valence-corrected chi connectivity index (χ2v) is 9.56. The molecule has 0 bridgehead atoms. The monoisotopic (exact) mass is 418 g/mol. The van der Waals surface area contributed by atoms with Crippen LogP contribution in [0.1, 0.15) is 75.3 Å². The Bertz CT molecular complexity index is 857. The lowest BCUT2D eigenvalue weighted by Gasteiger charge is -2.37. The zero-order valence-corrected chi connectivity index (χ0v) is 17.8. The van der Waals surface area contributed by atoms with Crippen molar-refractivity contribution in [3.05, 3.63) is 58.7 Å². The van der Waals surface area contributed by atoms with Crippen molar-refractivity contribution >= 4 is 0 Å². The Balaban J connectivity index is 1.49. The third kappa shape index (κ3) is 4.29. The molecular formula is C26H30F4. The van der Waals surface area contributed by atoms with Crippen molar-refractivity contribution in [2.24, 2.45) is 17.8 Å². The molecule has 2 fully saturated rings. The highest BCUT2D eigenvalue weighted by Gasteiger charge is 2.31. The van der Waals surface area contributed by atoms with E-state index in [4.69, 9.17) is 0 Å². The highest BCUT2D eigenvalue weighted by Crippen LogP contribution is 2.44. The van der Waals surface area contributed by atoms with E-state index in [2.05, 4.69) is 6.92 Å². The van der Waals surface area contributed by atoms with Crippen molar-refractivity contribution in [2.45, 2.75) is 71.1 Å². The maximum absolute atomic E-state index is 14.8. The van der Waals surface area contributed by atoms with E-state index in [1.54, 1.807) is 0 Å². The first-order chi connectivity index (χ1) is 14.3. The van der Waals surface area contributed by atoms with Crippen molar-refractivity contribution in [1.82, 2.24) is 0 Å². The van der Waals surface area contributed by atoms with Gasteiger partial charge in [-0.25, -0.2) is 17.6 Å². The molecule has 0 N–H and O–H groups in total. The Hall–Kier alpha value is -1.84. The second-order valence-electron chi connectivity index (χ2n) is 9.56. The van der Waals surface area contributed by atoms with E-state index >= 15 is 0 Å². The van der Waals surface area contributed by atoms with Gasteiger partial charge in [0.05, 0.1) is 5.56 Å². The summed E-state index contributed by atoms with van der Waals surface area (Å²) in [5, 5.41) is 0. The maximum atomic E-state index is 14.8. The molecule has 0 heterocycles. The summed E-state index contributed by atoms with van der Waals surface area (Å²) < 4.78 is 57.4. The minimum absolute atomic E-state index is 0.104. The van der Waals surface area contributed by atoms with Crippen molar-refractivity contribution in [3.8, 4) is 11.1 Å². The van der Waals surface area contributed by atoms with E-state index < -0.39 is 23.3 Å². The van der Waals surface area contributed by atoms with Crippen molar-refractivity contribution in [1.29, 1.82) is 0 Å². The molecule has 0 nitrogen and oxygen atoms in total. The van der Waals surface area contributed by atoms with Crippen LogP contribution in [0.25, 0.3) is 11.1 Å². The van der Waals surface area contributed by atoms with Crippen LogP contribution in [0.3, 0.4) is 0 Å². The standard InChI is InChI=1S/C26H30F4/c1-15-3-5-17(6-4-15)18-7-9-19(10-8-18)20-11-24(29)26(25(30)12-20)21-13-22(27)16(2)23(28)14-21/h11-15,17-19H,3-10H2,1-2H3. The van der Waals surface area contributed by atoms with Crippen LogP contribution >= 0.6 is 0 Å². The first-order valence-corrected chi connectivity index (χ1v) is 11.3. The van der Waals surface area contributed by atoms with Gasteiger partial charge in [0.25, 0.3) is 0 Å². The Morgan fingerprint density at radius 1 is 0.633 bits per heavy atom. The van der Waals surface area contributed by atoms with Gasteiger partial charge in [0.15, 0.2) is 0 Å². The summed E-state index contributed by atoms with van der Waals surface area (Å²) in [6, 6.07) is 4.72. The molecule has 2 aromatic rings. The Labute approximate surface area is 176 Å². The number of benzene rings is 2. The SMILES string of the molecule is Cc1c(F)cc(-c2c(F)cc(C3CCC(C4CCC(C)CC4)CC3)cc2F)cc1F. The molecule has 0 spiro atoms. The summed E-state index contributed by atoms with van der Waals surface area (Å²) >= 11 is 0. The van der Waals surface area contributed by atoms with Gasteiger partial charge in [-0.05, 0) is 105 Å². The molecule has 2 aromatic carbocycles. The average molecular weight is 419 g/mol. The molecule has 4 heteroatoms. The molecule has 0 aliphatic heterocycles. The first kappa shape index (κ1) is 21.4. The number of halogens is 4. The zero-order valence-electron chi connectivity index (χ0n) is 17.8. The summed E-state index contributed by atoms with van der Waals surface area (Å²) in [6.07, 6.45) is 9.40. The lowest BCUT2D eigenvalue weighted by atomic mass is 9.68. The van der Waals surface area contributed by atoms with Gasteiger partial charge < -0.3 is 0 Å². The van der Waals surface area contributed by atoms with E-state index in [1.165, 1.54) is 44.7 Å². The Kier molecular flexibility index (Phi) is 6.22. The lowest BCUT2D eigenvalue weighted by molar-refractivity contribution is 0.165. The summed E-state index contributed by atoms with van der Waals surface area (Å²) in [4.78, 5) is 0. The van der Waals surface area contributed by atoms with Crippen LogP contribution in [0, 0.1) is 47.9 Å². The average Bonchev–Trinajstić information content (AvgIpc) is 2.72. The molecule has 2 aliphatic carbocycles. The normalized spacial score (nSPS) is 27.3. The van der Waals surface area contributed by atoms with Gasteiger partial charge in [0.1, 0.15) is 23.3 Å². The summed E-state index contributed by atoms with van der Waals surface area (Å²) in [6.45, 7) is 3.63. The zero-order chi connectivity index (χ0) is 21.4. The fourth-order valence-electron chi connectivity index (χ4n) is 5.58. The van der Waals surface area contributed by atoms with Gasteiger partial charge >= 0.3 is 0 Å². The number of rotatable bonds is 3. The molecule has 0 amide bonds. The third-order valence-corrected chi connectivity index (χ3v) is 7.60. The molecule has 0 radical (unpaired) electrons. The molecule has 0 atom stereocenters. The first-order valence-electron chi connectivity index (χ1n) is 11.3. The van der Waals surface area contributed by atoms with Crippen LogP contribution in [0.15, 0.2) is 24.3 Å². The van der Waals surface area contributed by atoms with E-state index in [-0.39, 0.29) is 22.6 Å². The molecule has 0 aromatic heterocycles. The molecule has 0 unspecified atom stereocenters. The van der Waals surface area contributed by atoms with Gasteiger partial charge in [0.2, 0.25) is 0 Å². The minimum Gasteiger partial charge on any atom is -0.207 e. The van der Waals surface area contributed by atoms with Crippen LogP contribution in [0.2, 0.25) is 0 Å². The predicted molar refractivity (Wildman–Crippen MR) is 112 cm³/mol. The maximum Gasteiger partial charge on any atom is 0.134 e. The fraction of sp³-hybridized carbons (Fsp3) is 0.538. The lowest BCUT2D eigenvalue weighted by Crippen LogP contribution is -2.24. The van der Waals surface area contributed by atoms with Crippen LogP contribution in [-0.4, -0.2) is 0 Å². The fourth-order valence-corrected chi connectivity index (χ4v) is 5.58. The molecular weight excluding hydrogens is 388 g/mol. The molecule has 2 saturated carbocycles. The van der Waals surface area contributed by atoms with Crippen LogP contribution < -0.4 is 0 Å². The van der Waals surface area contributed by atoms with Gasteiger partial charge in [0, 0.05) is 5.56 Å². The Morgan fingerprint density at radius 3 is 1.60 bits per heavy atom. The largest absolute Gasteiger partial charge is 0.207 e. The van der Waals surface area contributed by atoms with Gasteiger partial charge in [-0.1, -0.05) is 19.8 Å². The molecule has 162 valence electrons. The van der Waals surface area contributed by atoms with Crippen LogP contribution in [0.4, 0.5) is 17.6 Å². The van der Waals surface area contributed by atoms with Crippen molar-refractivity contribution < 1.29 is 17.6 Å². The number of hydrogen-bond acceptors (Lipinski definition) is 0. The molecule has 30 heavy (non-hydrogen) atoms. The van der Waals surface area contributed by atoms with Crippen molar-refractivity contribution in [2.75, 3.05) is 0 Å². The van der Waals surface area contributed by atoms with E-state index in [0.717, 1.165) is 55.6 Å². The minimum atomic E-state index is -0.802. The third-order valence-electron chi connectivity index (χ3n) is 7.60. The second kappa shape index (κ2) is 8.72. The van der Waals surface area contributed by atoms with Gasteiger partial charge in [-0.3, -0.25) is 0 Å². The highest BCUT2D eigenvalue weighted by molar-refractivity contribution is 5.66. The Morgan fingerprint density at radius 2 is 1.10 bits per heavy atom. The molecule has 2 aliphatic rings. The molecule has 0 saturated heterocycles. The van der Waals surface area contributed by atoms with Gasteiger partial charge in [-0.15, -0.1) is 0 Å². The van der Waals surface area contributed by atoms with Crippen LogP contribution in [0.5, 0.6) is 0 Å². The highest BCUT2D eigenvalue weighted by atomic mass is 19.1. The van der Waals surface area contributed by atoms with Crippen molar-refractivity contribution in [3.63, 3.8) is 0 Å². The smallest absolute Gasteiger partial charge is 0.134 e.